The van der Waals surface area contributed by atoms with E-state index >= 15 is 0 Å². The lowest BCUT2D eigenvalue weighted by Gasteiger charge is -2.12. The number of carbonyl (C=O) groups is 1. The van der Waals surface area contributed by atoms with Gasteiger partial charge in [0.25, 0.3) is 0 Å². The van der Waals surface area contributed by atoms with Crippen molar-refractivity contribution in [2.24, 2.45) is 12.5 Å². The molecule has 0 amide bonds. The quantitative estimate of drug-likeness (QED) is 0.769. The van der Waals surface area contributed by atoms with Gasteiger partial charge in [-0.25, -0.2) is 0 Å². The summed E-state index contributed by atoms with van der Waals surface area (Å²) < 4.78 is 1.65. The van der Waals surface area contributed by atoms with E-state index in [1.807, 2.05) is 13.8 Å². The number of hydrogen-bond acceptors (Lipinski definition) is 2. The van der Waals surface area contributed by atoms with Crippen LogP contribution in [-0.4, -0.2) is 20.9 Å². The van der Waals surface area contributed by atoms with Crippen LogP contribution in [0.3, 0.4) is 0 Å². The molecule has 0 saturated heterocycles. The van der Waals surface area contributed by atoms with Crippen LogP contribution in [0.5, 0.6) is 0 Å². The van der Waals surface area contributed by atoms with E-state index in [1.165, 1.54) is 0 Å². The molecule has 2 rings (SSSR count). The molecule has 1 atom stereocenters. The summed E-state index contributed by atoms with van der Waals surface area (Å²) in [6.45, 7) is 3.96. The van der Waals surface area contributed by atoms with Crippen molar-refractivity contribution in [1.29, 1.82) is 0 Å². The summed E-state index contributed by atoms with van der Waals surface area (Å²) in [5, 5.41) is 13.3. The predicted octanol–water partition coefficient (Wildman–Crippen LogP) is 1.17. The molecule has 4 heteroatoms. The van der Waals surface area contributed by atoms with E-state index in [4.69, 9.17) is 0 Å². The Balaban J connectivity index is 2.46. The van der Waals surface area contributed by atoms with Gasteiger partial charge in [0.2, 0.25) is 0 Å². The van der Waals surface area contributed by atoms with E-state index in [9.17, 15) is 9.90 Å². The van der Waals surface area contributed by atoms with Crippen molar-refractivity contribution in [3.8, 4) is 0 Å². The lowest BCUT2D eigenvalue weighted by Crippen LogP contribution is -2.25. The molecule has 4 nitrogen and oxygen atoms in total. The monoisotopic (exact) mass is 194 g/mol. The molecule has 1 aliphatic rings. The van der Waals surface area contributed by atoms with Crippen LogP contribution >= 0.6 is 0 Å². The van der Waals surface area contributed by atoms with Gasteiger partial charge < -0.3 is 5.11 Å². The first-order valence-corrected chi connectivity index (χ1v) is 4.63. The average molecular weight is 194 g/mol. The zero-order valence-corrected chi connectivity index (χ0v) is 8.61. The van der Waals surface area contributed by atoms with Crippen molar-refractivity contribution >= 4 is 5.97 Å². The Hall–Kier alpha value is -1.32. The largest absolute Gasteiger partial charge is 0.481 e. The average Bonchev–Trinajstić information content (AvgIpc) is 2.44. The second-order valence-electron chi connectivity index (χ2n) is 4.67. The molecule has 76 valence electrons. The van der Waals surface area contributed by atoms with Crippen molar-refractivity contribution < 1.29 is 9.90 Å². The number of carboxylic acids is 1. The molecule has 0 aromatic carbocycles. The molecule has 1 N–H and O–H groups in total. The topological polar surface area (TPSA) is 55.1 Å². The Morgan fingerprint density at radius 2 is 2.21 bits per heavy atom. The molecule has 0 radical (unpaired) electrons. The molecule has 0 spiro atoms. The Labute approximate surface area is 82.5 Å². The molecule has 0 bridgehead atoms. The maximum absolute atomic E-state index is 11.3. The van der Waals surface area contributed by atoms with E-state index < -0.39 is 11.4 Å². The number of aromatic nitrogens is 2. The number of carboxylic acid groups (broad SMARTS) is 1. The van der Waals surface area contributed by atoms with E-state index in [0.29, 0.717) is 6.42 Å². The van der Waals surface area contributed by atoms with Gasteiger partial charge in [-0.3, -0.25) is 9.48 Å². The van der Waals surface area contributed by atoms with Gasteiger partial charge in [0.1, 0.15) is 5.41 Å². The van der Waals surface area contributed by atoms with Crippen molar-refractivity contribution in [1.82, 2.24) is 9.78 Å². The third kappa shape index (κ3) is 0.937. The normalized spacial score (nSPS) is 28.8. The third-order valence-corrected chi connectivity index (χ3v) is 3.30. The fraction of sp³-hybridized carbons (Fsp3) is 0.600. The summed E-state index contributed by atoms with van der Waals surface area (Å²) in [4.78, 5) is 11.3. The maximum Gasteiger partial charge on any atom is 0.314 e. The molecule has 1 heterocycles. The second kappa shape index (κ2) is 2.38. The number of aryl methyl sites for hydroxylation is 1. The minimum absolute atomic E-state index is 0.151. The Bertz CT molecular complexity index is 395. The van der Waals surface area contributed by atoms with E-state index in [2.05, 4.69) is 5.10 Å². The number of rotatable bonds is 2. The molecule has 1 fully saturated rings. The van der Waals surface area contributed by atoms with Gasteiger partial charge in [-0.05, 0) is 11.8 Å². The van der Waals surface area contributed by atoms with Crippen LogP contribution in [0.15, 0.2) is 12.4 Å². The van der Waals surface area contributed by atoms with Crippen LogP contribution < -0.4 is 0 Å². The van der Waals surface area contributed by atoms with E-state index in [-0.39, 0.29) is 5.41 Å². The first-order valence-electron chi connectivity index (χ1n) is 4.63. The van der Waals surface area contributed by atoms with Crippen LogP contribution in [0.25, 0.3) is 0 Å². The molecule has 1 unspecified atom stereocenters. The Kier molecular flexibility index (Phi) is 1.57. The zero-order chi connectivity index (χ0) is 10.6. The number of nitrogens with zero attached hydrogens (tertiary/aromatic N) is 2. The van der Waals surface area contributed by atoms with Crippen LogP contribution in [0, 0.1) is 5.41 Å². The summed E-state index contributed by atoms with van der Waals surface area (Å²) >= 11 is 0. The summed E-state index contributed by atoms with van der Waals surface area (Å²) in [6.07, 6.45) is 4.15. The highest BCUT2D eigenvalue weighted by atomic mass is 16.4. The van der Waals surface area contributed by atoms with Gasteiger partial charge in [0, 0.05) is 18.8 Å². The summed E-state index contributed by atoms with van der Waals surface area (Å²) in [6, 6.07) is 0. The van der Waals surface area contributed by atoms with E-state index in [0.717, 1.165) is 5.56 Å². The van der Waals surface area contributed by atoms with Crippen LogP contribution in [-0.2, 0) is 17.3 Å². The standard InChI is InChI=1S/C10H14N2O2/c1-9(2)6-10(9,8(13)14)7-4-11-12(3)5-7/h4-5H,6H2,1-3H3,(H,13,14). The van der Waals surface area contributed by atoms with Crippen LogP contribution in [0.1, 0.15) is 25.8 Å². The predicted molar refractivity (Wildman–Crippen MR) is 50.9 cm³/mol. The summed E-state index contributed by atoms with van der Waals surface area (Å²) in [7, 11) is 1.80. The number of aliphatic carboxylic acids is 1. The lowest BCUT2D eigenvalue weighted by molar-refractivity contribution is -0.141. The Morgan fingerprint density at radius 1 is 1.64 bits per heavy atom. The van der Waals surface area contributed by atoms with Crippen molar-refractivity contribution in [2.45, 2.75) is 25.7 Å². The highest BCUT2D eigenvalue weighted by Crippen LogP contribution is 2.64. The van der Waals surface area contributed by atoms with Gasteiger partial charge in [-0.1, -0.05) is 13.8 Å². The summed E-state index contributed by atoms with van der Waals surface area (Å²) in [5.74, 6) is -0.740. The van der Waals surface area contributed by atoms with Gasteiger partial charge in [0.05, 0.1) is 6.20 Å². The van der Waals surface area contributed by atoms with Gasteiger partial charge in [-0.15, -0.1) is 0 Å². The third-order valence-electron chi connectivity index (χ3n) is 3.30. The highest BCUT2D eigenvalue weighted by Gasteiger charge is 2.68. The molecule has 1 aliphatic carbocycles. The molecule has 14 heavy (non-hydrogen) atoms. The highest BCUT2D eigenvalue weighted by molar-refractivity contribution is 5.86. The lowest BCUT2D eigenvalue weighted by atomic mass is 9.90. The molecule has 0 aliphatic heterocycles. The van der Waals surface area contributed by atoms with Gasteiger partial charge in [-0.2, -0.15) is 5.10 Å². The fourth-order valence-electron chi connectivity index (χ4n) is 2.24. The smallest absolute Gasteiger partial charge is 0.314 e. The van der Waals surface area contributed by atoms with Crippen LogP contribution in [0.4, 0.5) is 0 Å². The minimum atomic E-state index is -0.740. The van der Waals surface area contributed by atoms with E-state index in [1.54, 1.807) is 24.1 Å². The first kappa shape index (κ1) is 9.24. The minimum Gasteiger partial charge on any atom is -0.481 e. The fourth-order valence-corrected chi connectivity index (χ4v) is 2.24. The number of hydrogen-bond donors (Lipinski definition) is 1. The molecule has 1 aromatic heterocycles. The van der Waals surface area contributed by atoms with Gasteiger partial charge in [0.15, 0.2) is 0 Å². The maximum atomic E-state index is 11.3. The molecular formula is C10H14N2O2. The van der Waals surface area contributed by atoms with Crippen molar-refractivity contribution in [3.05, 3.63) is 18.0 Å². The molecule has 1 saturated carbocycles. The van der Waals surface area contributed by atoms with Crippen LogP contribution in [0.2, 0.25) is 0 Å². The van der Waals surface area contributed by atoms with Gasteiger partial charge >= 0.3 is 5.97 Å². The first-order chi connectivity index (χ1) is 6.40. The Morgan fingerprint density at radius 3 is 2.50 bits per heavy atom. The van der Waals surface area contributed by atoms with Crippen molar-refractivity contribution in [3.63, 3.8) is 0 Å². The van der Waals surface area contributed by atoms with Crippen molar-refractivity contribution in [2.75, 3.05) is 0 Å². The SMILES string of the molecule is Cn1cc(C2(C(=O)O)CC2(C)C)cn1. The zero-order valence-electron chi connectivity index (χ0n) is 8.61. The molecule has 1 aromatic rings. The molecular weight excluding hydrogens is 180 g/mol. The second-order valence-corrected chi connectivity index (χ2v) is 4.67. The summed E-state index contributed by atoms with van der Waals surface area (Å²) in [5.41, 5.74) is -0.0409.